The van der Waals surface area contributed by atoms with Crippen molar-refractivity contribution < 1.29 is 4.74 Å². The van der Waals surface area contributed by atoms with E-state index in [9.17, 15) is 0 Å². The lowest BCUT2D eigenvalue weighted by Gasteiger charge is -2.40. The Hall–Kier alpha value is -1.06. The van der Waals surface area contributed by atoms with E-state index in [2.05, 4.69) is 36.9 Å². The molecule has 1 unspecified atom stereocenters. The van der Waals surface area contributed by atoms with Crippen LogP contribution in [-0.4, -0.2) is 31.1 Å². The van der Waals surface area contributed by atoms with E-state index in [1.54, 1.807) is 0 Å². The van der Waals surface area contributed by atoms with Gasteiger partial charge >= 0.3 is 0 Å². The standard InChI is InChI=1S/C17H28N2O/c1-4-20-16-7-5-6-15(9-16)17(10-18)19-11-13(2)8-14(3)12-19/h5-7,9,13-14,17H,4,8,10-12,18H2,1-3H3/t13-,14+,17?. The van der Waals surface area contributed by atoms with Gasteiger partial charge in [0.25, 0.3) is 0 Å². The lowest BCUT2D eigenvalue weighted by atomic mass is 9.89. The Morgan fingerprint density at radius 3 is 2.60 bits per heavy atom. The second-order valence-corrected chi connectivity index (χ2v) is 6.16. The molecule has 2 N–H and O–H groups in total. The number of ether oxygens (including phenoxy) is 1. The molecule has 0 radical (unpaired) electrons. The minimum atomic E-state index is 0.306. The Balaban J connectivity index is 2.16. The first kappa shape index (κ1) is 15.3. The number of nitrogens with zero attached hydrogens (tertiary/aromatic N) is 1. The van der Waals surface area contributed by atoms with Gasteiger partial charge in [-0.2, -0.15) is 0 Å². The van der Waals surface area contributed by atoms with E-state index in [0.717, 1.165) is 30.7 Å². The number of hydrogen-bond donors (Lipinski definition) is 1. The summed E-state index contributed by atoms with van der Waals surface area (Å²) in [6.45, 7) is 10.3. The Labute approximate surface area is 123 Å². The molecule has 1 aliphatic rings. The molecule has 3 atom stereocenters. The summed E-state index contributed by atoms with van der Waals surface area (Å²) in [6, 6.07) is 8.71. The van der Waals surface area contributed by atoms with Crippen molar-refractivity contribution in [2.75, 3.05) is 26.2 Å². The van der Waals surface area contributed by atoms with Crippen molar-refractivity contribution in [3.05, 3.63) is 29.8 Å². The van der Waals surface area contributed by atoms with Gasteiger partial charge in [0, 0.05) is 25.7 Å². The highest BCUT2D eigenvalue weighted by Crippen LogP contribution is 2.30. The van der Waals surface area contributed by atoms with Crippen LogP contribution in [0, 0.1) is 11.8 Å². The molecule has 0 aromatic heterocycles. The van der Waals surface area contributed by atoms with Crippen molar-refractivity contribution >= 4 is 0 Å². The zero-order chi connectivity index (χ0) is 14.5. The summed E-state index contributed by atoms with van der Waals surface area (Å²) in [7, 11) is 0. The lowest BCUT2D eigenvalue weighted by Crippen LogP contribution is -2.43. The molecule has 112 valence electrons. The van der Waals surface area contributed by atoms with Crippen LogP contribution in [0.4, 0.5) is 0 Å². The fourth-order valence-corrected chi connectivity index (χ4v) is 3.44. The molecule has 0 amide bonds. The smallest absolute Gasteiger partial charge is 0.119 e. The lowest BCUT2D eigenvalue weighted by molar-refractivity contribution is 0.0983. The second kappa shape index (κ2) is 7.09. The van der Waals surface area contributed by atoms with Gasteiger partial charge in [0.1, 0.15) is 5.75 Å². The molecular formula is C17H28N2O. The van der Waals surface area contributed by atoms with Gasteiger partial charge in [0.05, 0.1) is 6.61 Å². The van der Waals surface area contributed by atoms with E-state index in [1.165, 1.54) is 12.0 Å². The van der Waals surface area contributed by atoms with Gasteiger partial charge < -0.3 is 10.5 Å². The van der Waals surface area contributed by atoms with Crippen LogP contribution in [0.1, 0.15) is 38.8 Å². The topological polar surface area (TPSA) is 38.5 Å². The van der Waals surface area contributed by atoms with Crippen LogP contribution in [0.5, 0.6) is 5.75 Å². The van der Waals surface area contributed by atoms with Gasteiger partial charge in [0.15, 0.2) is 0 Å². The first-order chi connectivity index (χ1) is 9.63. The summed E-state index contributed by atoms with van der Waals surface area (Å²) in [5, 5.41) is 0. The molecule has 1 saturated heterocycles. The molecule has 1 aromatic rings. The van der Waals surface area contributed by atoms with Crippen LogP contribution in [-0.2, 0) is 0 Å². The van der Waals surface area contributed by atoms with E-state index in [0.29, 0.717) is 19.2 Å². The van der Waals surface area contributed by atoms with E-state index in [1.807, 2.05) is 13.0 Å². The molecule has 3 heteroatoms. The maximum atomic E-state index is 6.07. The van der Waals surface area contributed by atoms with Crippen LogP contribution >= 0.6 is 0 Å². The average molecular weight is 276 g/mol. The number of likely N-dealkylation sites (tertiary alicyclic amines) is 1. The first-order valence-electron chi connectivity index (χ1n) is 7.80. The van der Waals surface area contributed by atoms with Crippen LogP contribution in [0.2, 0.25) is 0 Å². The number of piperidine rings is 1. The van der Waals surface area contributed by atoms with Crippen molar-refractivity contribution in [3.63, 3.8) is 0 Å². The molecule has 1 heterocycles. The Kier molecular flexibility index (Phi) is 5.44. The SMILES string of the molecule is CCOc1cccc(C(CN)N2C[C@H](C)C[C@H](C)C2)c1. The molecule has 0 saturated carbocycles. The Bertz CT molecular complexity index is 411. The zero-order valence-corrected chi connectivity index (χ0v) is 13.0. The summed E-state index contributed by atoms with van der Waals surface area (Å²) in [5.74, 6) is 2.45. The summed E-state index contributed by atoms with van der Waals surface area (Å²) < 4.78 is 5.61. The van der Waals surface area contributed by atoms with Crippen LogP contribution in [0.15, 0.2) is 24.3 Å². The van der Waals surface area contributed by atoms with Crippen molar-refractivity contribution in [3.8, 4) is 5.75 Å². The molecule has 3 nitrogen and oxygen atoms in total. The third kappa shape index (κ3) is 3.74. The average Bonchev–Trinajstić information content (AvgIpc) is 2.39. The molecule has 1 aliphatic heterocycles. The van der Waals surface area contributed by atoms with Crippen LogP contribution < -0.4 is 10.5 Å². The minimum Gasteiger partial charge on any atom is -0.494 e. The number of hydrogen-bond acceptors (Lipinski definition) is 3. The van der Waals surface area contributed by atoms with Crippen molar-refractivity contribution in [1.82, 2.24) is 4.90 Å². The molecular weight excluding hydrogens is 248 g/mol. The van der Waals surface area contributed by atoms with Crippen molar-refractivity contribution in [2.24, 2.45) is 17.6 Å². The van der Waals surface area contributed by atoms with Gasteiger partial charge in [-0.3, -0.25) is 4.90 Å². The van der Waals surface area contributed by atoms with Crippen LogP contribution in [0.3, 0.4) is 0 Å². The fourth-order valence-electron chi connectivity index (χ4n) is 3.44. The molecule has 0 spiro atoms. The molecule has 1 fully saturated rings. The number of rotatable bonds is 5. The van der Waals surface area contributed by atoms with E-state index in [4.69, 9.17) is 10.5 Å². The summed E-state index contributed by atoms with van der Waals surface area (Å²) in [6.07, 6.45) is 1.33. The summed E-state index contributed by atoms with van der Waals surface area (Å²) in [4.78, 5) is 2.55. The molecule has 2 rings (SSSR count). The highest BCUT2D eigenvalue weighted by atomic mass is 16.5. The quantitative estimate of drug-likeness (QED) is 0.898. The molecule has 0 aliphatic carbocycles. The highest BCUT2D eigenvalue weighted by Gasteiger charge is 2.27. The Morgan fingerprint density at radius 2 is 2.00 bits per heavy atom. The third-order valence-electron chi connectivity index (χ3n) is 4.12. The summed E-state index contributed by atoms with van der Waals surface area (Å²) in [5.41, 5.74) is 7.35. The number of benzene rings is 1. The van der Waals surface area contributed by atoms with E-state index in [-0.39, 0.29) is 0 Å². The Morgan fingerprint density at radius 1 is 1.30 bits per heavy atom. The van der Waals surface area contributed by atoms with Gasteiger partial charge in [-0.05, 0) is 42.9 Å². The molecule has 0 bridgehead atoms. The largest absolute Gasteiger partial charge is 0.494 e. The maximum absolute atomic E-state index is 6.07. The molecule has 20 heavy (non-hydrogen) atoms. The van der Waals surface area contributed by atoms with Gasteiger partial charge in [0.2, 0.25) is 0 Å². The van der Waals surface area contributed by atoms with Gasteiger partial charge in [-0.25, -0.2) is 0 Å². The first-order valence-corrected chi connectivity index (χ1v) is 7.80. The third-order valence-corrected chi connectivity index (χ3v) is 4.12. The minimum absolute atomic E-state index is 0.306. The van der Waals surface area contributed by atoms with Crippen molar-refractivity contribution in [2.45, 2.75) is 33.2 Å². The summed E-state index contributed by atoms with van der Waals surface area (Å²) >= 11 is 0. The predicted octanol–water partition coefficient (Wildman–Crippen LogP) is 3.06. The van der Waals surface area contributed by atoms with E-state index >= 15 is 0 Å². The van der Waals surface area contributed by atoms with E-state index < -0.39 is 0 Å². The van der Waals surface area contributed by atoms with Crippen molar-refractivity contribution in [1.29, 1.82) is 0 Å². The predicted molar refractivity (Wildman–Crippen MR) is 83.9 cm³/mol. The normalized spacial score (nSPS) is 25.4. The second-order valence-electron chi connectivity index (χ2n) is 6.16. The number of nitrogens with two attached hydrogens (primary N) is 1. The van der Waals surface area contributed by atoms with Gasteiger partial charge in [-0.15, -0.1) is 0 Å². The molecule has 1 aromatic carbocycles. The highest BCUT2D eigenvalue weighted by molar-refractivity contribution is 5.31. The maximum Gasteiger partial charge on any atom is 0.119 e. The fraction of sp³-hybridized carbons (Fsp3) is 0.647. The monoisotopic (exact) mass is 276 g/mol. The van der Waals surface area contributed by atoms with Crippen LogP contribution in [0.25, 0.3) is 0 Å². The zero-order valence-electron chi connectivity index (χ0n) is 13.0. The van der Waals surface area contributed by atoms with Gasteiger partial charge in [-0.1, -0.05) is 26.0 Å².